The first kappa shape index (κ1) is 17.4. The molecule has 0 saturated carbocycles. The highest BCUT2D eigenvalue weighted by Crippen LogP contribution is 2.25. The standard InChI is InChI=1S/C20H25N3O2/c1-15(2)14-23(16-10-12-21-13-16)20(24)18-9-6-11-22-19(18)25-17-7-4-3-5-8-17/h3-9,11,15-16,21H,10,12-14H2,1-2H3/t16-/m0/s1. The lowest BCUT2D eigenvalue weighted by Gasteiger charge is -2.30. The molecule has 0 bridgehead atoms. The Balaban J connectivity index is 1.87. The SMILES string of the molecule is CC(C)CN(C(=O)c1cccnc1Oc1ccccc1)[C@H]1CCNC1. The molecule has 5 heteroatoms. The Bertz CT molecular complexity index is 697. The fourth-order valence-corrected chi connectivity index (χ4v) is 3.09. The molecule has 1 atom stereocenters. The Morgan fingerprint density at radius 2 is 2.08 bits per heavy atom. The summed E-state index contributed by atoms with van der Waals surface area (Å²) in [6.07, 6.45) is 2.63. The minimum atomic E-state index is -0.0126. The van der Waals surface area contributed by atoms with Gasteiger partial charge in [0.15, 0.2) is 0 Å². The highest BCUT2D eigenvalue weighted by atomic mass is 16.5. The number of aromatic nitrogens is 1. The van der Waals surface area contributed by atoms with Gasteiger partial charge in [-0.15, -0.1) is 0 Å². The molecule has 1 aromatic carbocycles. The Morgan fingerprint density at radius 3 is 2.76 bits per heavy atom. The van der Waals surface area contributed by atoms with E-state index in [9.17, 15) is 4.79 Å². The topological polar surface area (TPSA) is 54.5 Å². The molecule has 25 heavy (non-hydrogen) atoms. The lowest BCUT2D eigenvalue weighted by atomic mass is 10.1. The van der Waals surface area contributed by atoms with E-state index in [0.717, 1.165) is 26.1 Å². The highest BCUT2D eigenvalue weighted by Gasteiger charge is 2.29. The van der Waals surface area contributed by atoms with Crippen molar-refractivity contribution in [1.82, 2.24) is 15.2 Å². The van der Waals surface area contributed by atoms with Gasteiger partial charge in [0.1, 0.15) is 11.3 Å². The molecule has 132 valence electrons. The van der Waals surface area contributed by atoms with Crippen molar-refractivity contribution in [3.8, 4) is 11.6 Å². The van der Waals surface area contributed by atoms with Crippen LogP contribution in [0, 0.1) is 5.92 Å². The van der Waals surface area contributed by atoms with Crippen LogP contribution >= 0.6 is 0 Å². The smallest absolute Gasteiger partial charge is 0.259 e. The Kier molecular flexibility index (Phi) is 5.66. The number of rotatable bonds is 6. The zero-order chi connectivity index (χ0) is 17.6. The van der Waals surface area contributed by atoms with Gasteiger partial charge in [-0.3, -0.25) is 4.79 Å². The van der Waals surface area contributed by atoms with Gasteiger partial charge >= 0.3 is 0 Å². The Labute approximate surface area is 149 Å². The van der Waals surface area contributed by atoms with Crippen LogP contribution in [0.3, 0.4) is 0 Å². The van der Waals surface area contributed by atoms with Gasteiger partial charge in [0.05, 0.1) is 0 Å². The summed E-state index contributed by atoms with van der Waals surface area (Å²) in [6.45, 7) is 6.78. The lowest BCUT2D eigenvalue weighted by Crippen LogP contribution is -2.43. The van der Waals surface area contributed by atoms with E-state index in [-0.39, 0.29) is 11.9 Å². The average molecular weight is 339 g/mol. The van der Waals surface area contributed by atoms with Crippen molar-refractivity contribution in [3.05, 3.63) is 54.2 Å². The van der Waals surface area contributed by atoms with E-state index in [4.69, 9.17) is 4.74 Å². The van der Waals surface area contributed by atoms with Gasteiger partial charge in [-0.1, -0.05) is 32.0 Å². The fraction of sp³-hybridized carbons (Fsp3) is 0.400. The predicted molar refractivity (Wildman–Crippen MR) is 97.9 cm³/mol. The molecule has 1 N–H and O–H groups in total. The van der Waals surface area contributed by atoms with Gasteiger partial charge in [0.25, 0.3) is 5.91 Å². The van der Waals surface area contributed by atoms with Crippen molar-refractivity contribution in [2.24, 2.45) is 5.92 Å². The maximum absolute atomic E-state index is 13.3. The molecular formula is C20H25N3O2. The van der Waals surface area contributed by atoms with Crippen molar-refractivity contribution in [2.75, 3.05) is 19.6 Å². The zero-order valence-corrected chi connectivity index (χ0v) is 14.8. The van der Waals surface area contributed by atoms with E-state index in [1.807, 2.05) is 35.2 Å². The minimum absolute atomic E-state index is 0.0126. The summed E-state index contributed by atoms with van der Waals surface area (Å²) in [6, 6.07) is 13.2. The molecule has 3 rings (SSSR count). The minimum Gasteiger partial charge on any atom is -0.438 e. The Morgan fingerprint density at radius 1 is 1.28 bits per heavy atom. The number of carbonyl (C=O) groups is 1. The quantitative estimate of drug-likeness (QED) is 0.877. The summed E-state index contributed by atoms with van der Waals surface area (Å²) in [5, 5.41) is 3.35. The summed E-state index contributed by atoms with van der Waals surface area (Å²) >= 11 is 0. The molecule has 1 fully saturated rings. The number of hydrogen-bond donors (Lipinski definition) is 1. The zero-order valence-electron chi connectivity index (χ0n) is 14.8. The van der Waals surface area contributed by atoms with Crippen LogP contribution in [0.25, 0.3) is 0 Å². The molecule has 1 saturated heterocycles. The van der Waals surface area contributed by atoms with E-state index in [1.54, 1.807) is 18.3 Å². The van der Waals surface area contributed by atoms with E-state index < -0.39 is 0 Å². The average Bonchev–Trinajstić information content (AvgIpc) is 3.15. The van der Waals surface area contributed by atoms with E-state index in [2.05, 4.69) is 24.1 Å². The molecule has 2 aromatic rings. The third-order valence-electron chi connectivity index (χ3n) is 4.26. The van der Waals surface area contributed by atoms with Gasteiger partial charge in [0, 0.05) is 25.3 Å². The summed E-state index contributed by atoms with van der Waals surface area (Å²) in [4.78, 5) is 19.5. The predicted octanol–water partition coefficient (Wildman–Crippen LogP) is 3.33. The number of nitrogens with one attached hydrogen (secondary N) is 1. The normalized spacial score (nSPS) is 16.8. The van der Waals surface area contributed by atoms with Crippen molar-refractivity contribution in [3.63, 3.8) is 0 Å². The van der Waals surface area contributed by atoms with Gasteiger partial charge < -0.3 is 15.0 Å². The lowest BCUT2D eigenvalue weighted by molar-refractivity contribution is 0.0663. The number of amides is 1. The van der Waals surface area contributed by atoms with Crippen LogP contribution < -0.4 is 10.1 Å². The van der Waals surface area contributed by atoms with Crippen LogP contribution in [-0.2, 0) is 0 Å². The van der Waals surface area contributed by atoms with Crippen LogP contribution in [0.2, 0.25) is 0 Å². The maximum atomic E-state index is 13.3. The second-order valence-corrected chi connectivity index (χ2v) is 6.77. The number of ether oxygens (including phenoxy) is 1. The maximum Gasteiger partial charge on any atom is 0.259 e. The second-order valence-electron chi connectivity index (χ2n) is 6.77. The molecule has 1 aliphatic heterocycles. The first-order valence-corrected chi connectivity index (χ1v) is 8.84. The van der Waals surface area contributed by atoms with Crippen LogP contribution in [0.5, 0.6) is 11.6 Å². The van der Waals surface area contributed by atoms with Crippen molar-refractivity contribution in [2.45, 2.75) is 26.3 Å². The molecule has 2 heterocycles. The molecular weight excluding hydrogens is 314 g/mol. The van der Waals surface area contributed by atoms with Gasteiger partial charge in [0.2, 0.25) is 5.88 Å². The largest absolute Gasteiger partial charge is 0.438 e. The third-order valence-corrected chi connectivity index (χ3v) is 4.26. The molecule has 1 amide bonds. The summed E-state index contributed by atoms with van der Waals surface area (Å²) in [7, 11) is 0. The van der Waals surface area contributed by atoms with E-state index in [0.29, 0.717) is 23.1 Å². The first-order valence-electron chi connectivity index (χ1n) is 8.84. The highest BCUT2D eigenvalue weighted by molar-refractivity contribution is 5.96. The molecule has 0 aliphatic carbocycles. The van der Waals surface area contributed by atoms with E-state index >= 15 is 0 Å². The van der Waals surface area contributed by atoms with Gasteiger partial charge in [-0.25, -0.2) is 4.98 Å². The van der Waals surface area contributed by atoms with Gasteiger partial charge in [-0.05, 0) is 43.1 Å². The first-order chi connectivity index (χ1) is 12.1. The van der Waals surface area contributed by atoms with Crippen LogP contribution in [0.4, 0.5) is 0 Å². The van der Waals surface area contributed by atoms with Crippen molar-refractivity contribution < 1.29 is 9.53 Å². The number of nitrogens with zero attached hydrogens (tertiary/aromatic N) is 2. The molecule has 0 radical (unpaired) electrons. The molecule has 1 aliphatic rings. The van der Waals surface area contributed by atoms with Gasteiger partial charge in [-0.2, -0.15) is 0 Å². The molecule has 5 nitrogen and oxygen atoms in total. The van der Waals surface area contributed by atoms with Crippen molar-refractivity contribution >= 4 is 5.91 Å². The number of pyridine rings is 1. The number of carbonyl (C=O) groups excluding carboxylic acids is 1. The molecule has 0 unspecified atom stereocenters. The monoisotopic (exact) mass is 339 g/mol. The Hall–Kier alpha value is -2.40. The second kappa shape index (κ2) is 8.12. The number of benzene rings is 1. The van der Waals surface area contributed by atoms with Crippen LogP contribution in [-0.4, -0.2) is 41.5 Å². The molecule has 0 spiro atoms. The molecule has 1 aromatic heterocycles. The fourth-order valence-electron chi connectivity index (χ4n) is 3.09. The van der Waals surface area contributed by atoms with Crippen molar-refractivity contribution in [1.29, 1.82) is 0 Å². The summed E-state index contributed by atoms with van der Waals surface area (Å²) < 4.78 is 5.87. The van der Waals surface area contributed by atoms with Crippen LogP contribution in [0.1, 0.15) is 30.6 Å². The third kappa shape index (κ3) is 4.37. The number of hydrogen-bond acceptors (Lipinski definition) is 4. The van der Waals surface area contributed by atoms with E-state index in [1.165, 1.54) is 0 Å². The summed E-state index contributed by atoms with van der Waals surface area (Å²) in [5.74, 6) is 1.42. The van der Waals surface area contributed by atoms with Crippen LogP contribution in [0.15, 0.2) is 48.7 Å². The number of para-hydroxylation sites is 1. The summed E-state index contributed by atoms with van der Waals surface area (Å²) in [5.41, 5.74) is 0.513.